The van der Waals surface area contributed by atoms with Crippen LogP contribution in [-0.2, 0) is 0 Å². The first-order chi connectivity index (χ1) is 12.7. The van der Waals surface area contributed by atoms with Gasteiger partial charge < -0.3 is 20.3 Å². The molecule has 0 unspecified atom stereocenters. The van der Waals surface area contributed by atoms with Crippen LogP contribution < -0.4 is 20.3 Å². The van der Waals surface area contributed by atoms with E-state index in [1.54, 1.807) is 7.11 Å². The highest BCUT2D eigenvalue weighted by Crippen LogP contribution is 2.28. The maximum Gasteiger partial charge on any atom is 0.315 e. The lowest BCUT2D eigenvalue weighted by Crippen LogP contribution is -2.48. The van der Waals surface area contributed by atoms with Crippen LogP contribution in [0.4, 0.5) is 10.5 Å². The summed E-state index contributed by atoms with van der Waals surface area (Å²) < 4.78 is 5.21. The highest BCUT2D eigenvalue weighted by atomic mass is 16.5. The summed E-state index contributed by atoms with van der Waals surface area (Å²) >= 11 is 0. The Bertz CT molecular complexity index is 547. The summed E-state index contributed by atoms with van der Waals surface area (Å²) in [5, 5.41) is 6.17. The lowest BCUT2D eigenvalue weighted by Gasteiger charge is -2.34. The van der Waals surface area contributed by atoms with Crippen molar-refractivity contribution >= 4 is 11.7 Å². The number of nitrogens with zero attached hydrogens (tertiary/aromatic N) is 1. The molecule has 1 aromatic rings. The molecule has 2 fully saturated rings. The molecule has 1 saturated heterocycles. The molecule has 0 radical (unpaired) electrons. The van der Waals surface area contributed by atoms with E-state index in [4.69, 9.17) is 4.74 Å². The third-order valence-electron chi connectivity index (χ3n) is 5.82. The molecule has 26 heavy (non-hydrogen) atoms. The zero-order chi connectivity index (χ0) is 18.2. The molecule has 5 heteroatoms. The molecule has 2 amide bonds. The molecular formula is C21H33N3O2. The number of rotatable bonds is 7. The van der Waals surface area contributed by atoms with E-state index in [0.717, 1.165) is 50.6 Å². The molecule has 1 aliphatic carbocycles. The molecular weight excluding hydrogens is 326 g/mol. The van der Waals surface area contributed by atoms with Gasteiger partial charge in [-0.25, -0.2) is 4.79 Å². The summed E-state index contributed by atoms with van der Waals surface area (Å²) in [5.41, 5.74) is 1.22. The first-order valence-electron chi connectivity index (χ1n) is 10.2. The first kappa shape index (κ1) is 18.9. The Morgan fingerprint density at radius 3 is 2.46 bits per heavy atom. The largest absolute Gasteiger partial charge is 0.497 e. The van der Waals surface area contributed by atoms with Gasteiger partial charge in [-0.05, 0) is 55.9 Å². The minimum atomic E-state index is -0.000630. The second-order valence-corrected chi connectivity index (χ2v) is 7.65. The van der Waals surface area contributed by atoms with Gasteiger partial charge in [0.05, 0.1) is 7.11 Å². The Balaban J connectivity index is 1.30. The molecule has 1 aliphatic heterocycles. The topological polar surface area (TPSA) is 53.6 Å². The zero-order valence-corrected chi connectivity index (χ0v) is 16.0. The van der Waals surface area contributed by atoms with Gasteiger partial charge in [-0.3, -0.25) is 0 Å². The van der Waals surface area contributed by atoms with Crippen molar-refractivity contribution in [3.63, 3.8) is 0 Å². The monoisotopic (exact) mass is 359 g/mol. The van der Waals surface area contributed by atoms with Crippen molar-refractivity contribution in [2.75, 3.05) is 31.6 Å². The second-order valence-electron chi connectivity index (χ2n) is 7.65. The van der Waals surface area contributed by atoms with E-state index in [9.17, 15) is 4.79 Å². The van der Waals surface area contributed by atoms with Crippen LogP contribution in [0.1, 0.15) is 51.4 Å². The highest BCUT2D eigenvalue weighted by Gasteiger charge is 2.21. The van der Waals surface area contributed by atoms with E-state index >= 15 is 0 Å². The van der Waals surface area contributed by atoms with Gasteiger partial charge in [0.25, 0.3) is 0 Å². The Morgan fingerprint density at radius 2 is 1.81 bits per heavy atom. The number of carbonyl (C=O) groups excluding carboxylic acids is 1. The van der Waals surface area contributed by atoms with E-state index in [0.29, 0.717) is 0 Å². The molecule has 5 nitrogen and oxygen atoms in total. The number of amides is 2. The van der Waals surface area contributed by atoms with Crippen LogP contribution >= 0.6 is 0 Å². The molecule has 0 spiro atoms. The average molecular weight is 360 g/mol. The number of piperidine rings is 1. The summed E-state index contributed by atoms with van der Waals surface area (Å²) in [6.07, 6.45) is 9.91. The van der Waals surface area contributed by atoms with E-state index < -0.39 is 0 Å². The molecule has 144 valence electrons. The van der Waals surface area contributed by atoms with Gasteiger partial charge in [0.1, 0.15) is 5.75 Å². The number of hydrogen-bond donors (Lipinski definition) is 2. The van der Waals surface area contributed by atoms with E-state index in [1.807, 2.05) is 12.1 Å². The number of methoxy groups -OCH3 is 1. The van der Waals surface area contributed by atoms with Crippen molar-refractivity contribution in [1.82, 2.24) is 10.6 Å². The maximum atomic E-state index is 12.1. The standard InChI is InChI=1S/C21H33N3O2/c1-26-20-10-8-19(9-11-20)24-15-12-18(13-16-24)23-21(25)22-14-4-7-17-5-2-3-6-17/h8-11,17-18H,2-7,12-16H2,1H3,(H2,22,23,25). The lowest BCUT2D eigenvalue weighted by atomic mass is 10.0. The van der Waals surface area contributed by atoms with Crippen LogP contribution in [0.3, 0.4) is 0 Å². The highest BCUT2D eigenvalue weighted by molar-refractivity contribution is 5.74. The normalized spacial score (nSPS) is 18.7. The number of carbonyl (C=O) groups is 1. The summed E-state index contributed by atoms with van der Waals surface area (Å²) in [6.45, 7) is 2.74. The fourth-order valence-electron chi connectivity index (χ4n) is 4.20. The molecule has 1 saturated carbocycles. The Kier molecular flexibility index (Phi) is 7.04. The van der Waals surface area contributed by atoms with E-state index in [2.05, 4.69) is 27.7 Å². The van der Waals surface area contributed by atoms with Crippen molar-refractivity contribution in [3.05, 3.63) is 24.3 Å². The number of benzene rings is 1. The van der Waals surface area contributed by atoms with Crippen LogP contribution in [0.25, 0.3) is 0 Å². The molecule has 1 aromatic carbocycles. The van der Waals surface area contributed by atoms with Crippen LogP contribution in [0.15, 0.2) is 24.3 Å². The van der Waals surface area contributed by atoms with Crippen molar-refractivity contribution in [2.45, 2.75) is 57.4 Å². The van der Waals surface area contributed by atoms with Crippen LogP contribution in [0.2, 0.25) is 0 Å². The summed E-state index contributed by atoms with van der Waals surface area (Å²) in [6, 6.07) is 8.48. The van der Waals surface area contributed by atoms with Crippen molar-refractivity contribution < 1.29 is 9.53 Å². The minimum Gasteiger partial charge on any atom is -0.497 e. The first-order valence-corrected chi connectivity index (χ1v) is 10.2. The van der Waals surface area contributed by atoms with Crippen LogP contribution in [-0.4, -0.2) is 38.8 Å². The van der Waals surface area contributed by atoms with Crippen molar-refractivity contribution in [3.8, 4) is 5.75 Å². The van der Waals surface area contributed by atoms with Gasteiger partial charge in [-0.2, -0.15) is 0 Å². The SMILES string of the molecule is COc1ccc(N2CCC(NC(=O)NCCCC3CCCC3)CC2)cc1. The Hall–Kier alpha value is -1.91. The summed E-state index contributed by atoms with van der Waals surface area (Å²) in [4.78, 5) is 14.5. The van der Waals surface area contributed by atoms with E-state index in [1.165, 1.54) is 37.8 Å². The number of urea groups is 1. The van der Waals surface area contributed by atoms with Crippen LogP contribution in [0.5, 0.6) is 5.75 Å². The molecule has 3 rings (SSSR count). The van der Waals surface area contributed by atoms with Gasteiger partial charge >= 0.3 is 6.03 Å². The predicted octanol–water partition coefficient (Wildman–Crippen LogP) is 3.93. The smallest absolute Gasteiger partial charge is 0.315 e. The van der Waals surface area contributed by atoms with Gasteiger partial charge in [-0.15, -0.1) is 0 Å². The zero-order valence-electron chi connectivity index (χ0n) is 16.0. The summed E-state index contributed by atoms with van der Waals surface area (Å²) in [7, 11) is 1.69. The van der Waals surface area contributed by atoms with Gasteiger partial charge in [0.15, 0.2) is 0 Å². The fourth-order valence-corrected chi connectivity index (χ4v) is 4.20. The molecule has 0 aromatic heterocycles. The Morgan fingerprint density at radius 1 is 1.12 bits per heavy atom. The molecule has 1 heterocycles. The fraction of sp³-hybridized carbons (Fsp3) is 0.667. The van der Waals surface area contributed by atoms with Crippen molar-refractivity contribution in [2.24, 2.45) is 5.92 Å². The third-order valence-corrected chi connectivity index (χ3v) is 5.82. The Labute approximate surface area is 157 Å². The van der Waals surface area contributed by atoms with Gasteiger partial charge in [0.2, 0.25) is 0 Å². The molecule has 2 aliphatic rings. The number of nitrogens with one attached hydrogen (secondary N) is 2. The number of anilines is 1. The average Bonchev–Trinajstić information content (AvgIpc) is 3.19. The molecule has 2 N–H and O–H groups in total. The maximum absolute atomic E-state index is 12.1. The van der Waals surface area contributed by atoms with Gasteiger partial charge in [-0.1, -0.05) is 25.7 Å². The third kappa shape index (κ3) is 5.55. The predicted molar refractivity (Wildman–Crippen MR) is 106 cm³/mol. The van der Waals surface area contributed by atoms with Gasteiger partial charge in [0, 0.05) is 31.4 Å². The summed E-state index contributed by atoms with van der Waals surface area (Å²) in [5.74, 6) is 1.79. The quantitative estimate of drug-likeness (QED) is 0.725. The molecule has 0 atom stereocenters. The lowest BCUT2D eigenvalue weighted by molar-refractivity contribution is 0.234. The van der Waals surface area contributed by atoms with E-state index in [-0.39, 0.29) is 12.1 Å². The van der Waals surface area contributed by atoms with Crippen LogP contribution in [0, 0.1) is 5.92 Å². The number of ether oxygens (including phenoxy) is 1. The number of hydrogen-bond acceptors (Lipinski definition) is 3. The van der Waals surface area contributed by atoms with Crippen molar-refractivity contribution in [1.29, 1.82) is 0 Å². The molecule has 0 bridgehead atoms. The second kappa shape index (κ2) is 9.70. The minimum absolute atomic E-state index is 0.000630.